The predicted molar refractivity (Wildman–Crippen MR) is 71.0 cm³/mol. The highest BCUT2D eigenvalue weighted by molar-refractivity contribution is 7.15. The van der Waals surface area contributed by atoms with Crippen LogP contribution in [-0.2, 0) is 0 Å². The van der Waals surface area contributed by atoms with E-state index in [-0.39, 0.29) is 23.0 Å². The fraction of sp³-hybridized carbons (Fsp3) is 0. The first-order valence-corrected chi connectivity index (χ1v) is 6.35. The van der Waals surface area contributed by atoms with Gasteiger partial charge >= 0.3 is 11.7 Å². The number of ether oxygens (including phenoxy) is 1. The van der Waals surface area contributed by atoms with E-state index in [2.05, 4.69) is 4.98 Å². The fourth-order valence-electron chi connectivity index (χ4n) is 1.74. The Labute approximate surface area is 116 Å². The van der Waals surface area contributed by atoms with E-state index in [1.54, 1.807) is 35.8 Å². The first-order chi connectivity index (χ1) is 9.70. The number of hydrogen-bond acceptors (Lipinski definition) is 6. The lowest BCUT2D eigenvalue weighted by Crippen LogP contribution is -1.96. The molecular weight excluding hydrogens is 280 g/mol. The second-order valence-corrected chi connectivity index (χ2v) is 4.64. The molecule has 0 bridgehead atoms. The van der Waals surface area contributed by atoms with Gasteiger partial charge in [0.25, 0.3) is 4.96 Å². The number of nitro groups is 1. The van der Waals surface area contributed by atoms with E-state index in [1.165, 1.54) is 15.7 Å². The molecule has 3 aromatic rings. The zero-order valence-corrected chi connectivity index (χ0v) is 10.7. The minimum Gasteiger partial charge on any atom is -0.431 e. The van der Waals surface area contributed by atoms with Crippen LogP contribution in [0.1, 0.15) is 5.56 Å². The Bertz CT molecular complexity index is 846. The van der Waals surface area contributed by atoms with E-state index < -0.39 is 4.92 Å². The van der Waals surface area contributed by atoms with Crippen molar-refractivity contribution in [1.82, 2.24) is 9.38 Å². The molecule has 1 aromatic carbocycles. The topological polar surface area (TPSA) is 93.5 Å². The zero-order valence-electron chi connectivity index (χ0n) is 9.89. The van der Waals surface area contributed by atoms with E-state index >= 15 is 0 Å². The number of aromatic nitrogens is 2. The van der Waals surface area contributed by atoms with Gasteiger partial charge in [-0.3, -0.25) is 0 Å². The summed E-state index contributed by atoms with van der Waals surface area (Å²) in [5.41, 5.74) is 0.290. The molecule has 0 aliphatic heterocycles. The quantitative estimate of drug-likeness (QED) is 0.545. The number of thiazole rings is 1. The monoisotopic (exact) mass is 286 g/mol. The van der Waals surface area contributed by atoms with E-state index in [0.717, 1.165) is 0 Å². The highest BCUT2D eigenvalue weighted by Gasteiger charge is 2.26. The number of nitriles is 1. The van der Waals surface area contributed by atoms with Crippen LogP contribution in [0.4, 0.5) is 5.82 Å². The first kappa shape index (κ1) is 12.1. The minimum absolute atomic E-state index is 0.121. The third kappa shape index (κ3) is 1.86. The standard InChI is InChI=1S/C12H6N4O3S/c13-7-8-3-1-2-4-9(8)19-10-11(16(17)18)15-5-6-20-12(15)14-10/h1-6H. The van der Waals surface area contributed by atoms with Crippen molar-refractivity contribution in [1.29, 1.82) is 5.26 Å². The molecule has 0 N–H and O–H groups in total. The van der Waals surface area contributed by atoms with Crippen LogP contribution >= 0.6 is 11.3 Å². The SMILES string of the molecule is N#Cc1ccccc1Oc1nc2sccn2c1[N+](=O)[O-]. The van der Waals surface area contributed by atoms with Gasteiger partial charge in [0.1, 0.15) is 18.0 Å². The van der Waals surface area contributed by atoms with Gasteiger partial charge in [-0.15, -0.1) is 0 Å². The van der Waals surface area contributed by atoms with Crippen molar-refractivity contribution in [2.24, 2.45) is 0 Å². The summed E-state index contributed by atoms with van der Waals surface area (Å²) in [5, 5.41) is 21.8. The molecule has 8 heteroatoms. The molecular formula is C12H6N4O3S. The molecule has 3 rings (SSSR count). The molecule has 0 saturated carbocycles. The molecule has 0 unspecified atom stereocenters. The Morgan fingerprint density at radius 1 is 1.45 bits per heavy atom. The number of imidazole rings is 1. The average molecular weight is 286 g/mol. The summed E-state index contributed by atoms with van der Waals surface area (Å²) in [6.07, 6.45) is 1.55. The zero-order chi connectivity index (χ0) is 14.1. The van der Waals surface area contributed by atoms with E-state index in [1.807, 2.05) is 6.07 Å². The smallest absolute Gasteiger partial charge is 0.393 e. The third-order valence-electron chi connectivity index (χ3n) is 2.59. The number of fused-ring (bicyclic) bond motifs is 1. The third-order valence-corrected chi connectivity index (χ3v) is 3.35. The maximum absolute atomic E-state index is 11.1. The summed E-state index contributed by atoms with van der Waals surface area (Å²) in [5.74, 6) is -0.137. The molecule has 0 radical (unpaired) electrons. The Morgan fingerprint density at radius 3 is 3.00 bits per heavy atom. The first-order valence-electron chi connectivity index (χ1n) is 5.47. The maximum Gasteiger partial charge on any atom is 0.393 e. The van der Waals surface area contributed by atoms with Gasteiger partial charge in [-0.05, 0) is 17.1 Å². The van der Waals surface area contributed by atoms with Crippen LogP contribution in [0.25, 0.3) is 4.96 Å². The number of benzene rings is 1. The Kier molecular flexibility index (Phi) is 2.81. The van der Waals surface area contributed by atoms with Crippen LogP contribution in [0.3, 0.4) is 0 Å². The molecule has 2 heterocycles. The molecule has 98 valence electrons. The highest BCUT2D eigenvalue weighted by atomic mass is 32.1. The van der Waals surface area contributed by atoms with Crippen molar-refractivity contribution >= 4 is 22.1 Å². The largest absolute Gasteiger partial charge is 0.431 e. The molecule has 0 aliphatic carbocycles. The van der Waals surface area contributed by atoms with Crippen LogP contribution in [0, 0.1) is 21.4 Å². The van der Waals surface area contributed by atoms with Gasteiger partial charge in [0.2, 0.25) is 0 Å². The second kappa shape index (κ2) is 4.64. The molecule has 0 spiro atoms. The van der Waals surface area contributed by atoms with E-state index in [9.17, 15) is 10.1 Å². The van der Waals surface area contributed by atoms with Gasteiger partial charge in [0.05, 0.1) is 5.56 Å². The lowest BCUT2D eigenvalue weighted by molar-refractivity contribution is -0.391. The van der Waals surface area contributed by atoms with Gasteiger partial charge in [-0.2, -0.15) is 14.6 Å². The summed E-state index contributed by atoms with van der Waals surface area (Å²) in [4.78, 5) is 15.1. The van der Waals surface area contributed by atoms with Crippen molar-refractivity contribution in [3.8, 4) is 17.7 Å². The molecule has 0 atom stereocenters. The molecule has 0 amide bonds. The van der Waals surface area contributed by atoms with Crippen LogP contribution in [0.15, 0.2) is 35.8 Å². The summed E-state index contributed by atoms with van der Waals surface area (Å²) in [7, 11) is 0. The summed E-state index contributed by atoms with van der Waals surface area (Å²) >= 11 is 1.26. The van der Waals surface area contributed by atoms with Gasteiger partial charge in [-0.25, -0.2) is 0 Å². The predicted octanol–water partition coefficient (Wildman–Crippen LogP) is 2.97. The maximum atomic E-state index is 11.1. The van der Waals surface area contributed by atoms with Gasteiger partial charge in [-0.1, -0.05) is 23.5 Å². The van der Waals surface area contributed by atoms with Gasteiger partial charge in [0.15, 0.2) is 0 Å². The highest BCUT2D eigenvalue weighted by Crippen LogP contribution is 2.34. The van der Waals surface area contributed by atoms with Crippen LogP contribution < -0.4 is 4.74 Å². The van der Waals surface area contributed by atoms with Crippen LogP contribution in [0.5, 0.6) is 11.6 Å². The lowest BCUT2D eigenvalue weighted by Gasteiger charge is -2.03. The second-order valence-electron chi connectivity index (χ2n) is 3.76. The van der Waals surface area contributed by atoms with Crippen molar-refractivity contribution in [3.05, 3.63) is 51.5 Å². The Balaban J connectivity index is 2.11. The van der Waals surface area contributed by atoms with Crippen molar-refractivity contribution < 1.29 is 9.66 Å². The van der Waals surface area contributed by atoms with Crippen LogP contribution in [-0.4, -0.2) is 14.3 Å². The Morgan fingerprint density at radius 2 is 2.25 bits per heavy atom. The molecule has 0 aliphatic rings. The molecule has 0 fully saturated rings. The molecule has 20 heavy (non-hydrogen) atoms. The van der Waals surface area contributed by atoms with Crippen LogP contribution in [0.2, 0.25) is 0 Å². The average Bonchev–Trinajstić information content (AvgIpc) is 2.99. The van der Waals surface area contributed by atoms with E-state index in [4.69, 9.17) is 10.00 Å². The number of rotatable bonds is 3. The summed E-state index contributed by atoms with van der Waals surface area (Å²) in [6.45, 7) is 0. The summed E-state index contributed by atoms with van der Waals surface area (Å²) in [6, 6.07) is 8.47. The Hall–Kier alpha value is -2.92. The number of para-hydroxylation sites is 1. The van der Waals surface area contributed by atoms with E-state index in [0.29, 0.717) is 4.96 Å². The fourth-order valence-corrected chi connectivity index (χ4v) is 2.44. The van der Waals surface area contributed by atoms with Gasteiger partial charge < -0.3 is 14.9 Å². The summed E-state index contributed by atoms with van der Waals surface area (Å²) < 4.78 is 6.79. The minimum atomic E-state index is -0.558. The van der Waals surface area contributed by atoms with Crippen molar-refractivity contribution in [2.75, 3.05) is 0 Å². The number of hydrogen-bond donors (Lipinski definition) is 0. The lowest BCUT2D eigenvalue weighted by atomic mass is 10.2. The van der Waals surface area contributed by atoms with Crippen molar-refractivity contribution in [2.45, 2.75) is 0 Å². The van der Waals surface area contributed by atoms with Crippen molar-refractivity contribution in [3.63, 3.8) is 0 Å². The normalized spacial score (nSPS) is 10.3. The molecule has 0 saturated heterocycles. The molecule has 2 aromatic heterocycles. The molecule has 7 nitrogen and oxygen atoms in total. The number of nitrogens with zero attached hydrogens (tertiary/aromatic N) is 4. The van der Waals surface area contributed by atoms with Gasteiger partial charge in [0, 0.05) is 5.38 Å².